The molecule has 0 aliphatic heterocycles. The Kier molecular flexibility index (Phi) is 6.83. The van der Waals surface area contributed by atoms with Gasteiger partial charge in [0.25, 0.3) is 5.91 Å². The van der Waals surface area contributed by atoms with Crippen LogP contribution in [0.5, 0.6) is 11.5 Å². The van der Waals surface area contributed by atoms with E-state index in [1.165, 1.54) is 0 Å². The fourth-order valence-electron chi connectivity index (χ4n) is 2.00. The van der Waals surface area contributed by atoms with Gasteiger partial charge < -0.3 is 9.47 Å². The molecule has 2 amide bonds. The van der Waals surface area contributed by atoms with E-state index in [9.17, 15) is 9.59 Å². The van der Waals surface area contributed by atoms with Crippen LogP contribution >= 0.6 is 0 Å². The summed E-state index contributed by atoms with van der Waals surface area (Å²) in [6.45, 7) is 4.66. The average Bonchev–Trinajstić information content (AvgIpc) is 2.66. The zero-order valence-electron chi connectivity index (χ0n) is 14.4. The third kappa shape index (κ3) is 5.84. The van der Waals surface area contributed by atoms with E-state index in [-0.39, 0.29) is 11.8 Å². The standard InChI is InChI=1S/C19H22N2O4/c1-3-18(22)20-21-19(23)15-7-5-14(6-8-15)13-25-17-11-9-16(10-12-17)24-4-2/h5-12H,3-4,13H2,1-2H3,(H,20,22)(H,21,23). The number of hydrazine groups is 1. The van der Waals surface area contributed by atoms with Gasteiger partial charge in [0.15, 0.2) is 0 Å². The van der Waals surface area contributed by atoms with Crippen LogP contribution in [0.4, 0.5) is 0 Å². The van der Waals surface area contributed by atoms with Crippen molar-refractivity contribution in [1.82, 2.24) is 10.9 Å². The third-order valence-electron chi connectivity index (χ3n) is 3.39. The second-order valence-corrected chi connectivity index (χ2v) is 5.25. The zero-order valence-corrected chi connectivity index (χ0v) is 14.4. The van der Waals surface area contributed by atoms with E-state index < -0.39 is 0 Å². The Balaban J connectivity index is 1.85. The van der Waals surface area contributed by atoms with Crippen LogP contribution < -0.4 is 20.3 Å². The number of hydrogen-bond donors (Lipinski definition) is 2. The predicted molar refractivity (Wildman–Crippen MR) is 94.3 cm³/mol. The number of carbonyl (C=O) groups excluding carboxylic acids is 2. The number of benzene rings is 2. The first-order valence-corrected chi connectivity index (χ1v) is 8.16. The van der Waals surface area contributed by atoms with Crippen LogP contribution in [0, 0.1) is 0 Å². The van der Waals surface area contributed by atoms with E-state index >= 15 is 0 Å². The Hall–Kier alpha value is -3.02. The molecule has 0 unspecified atom stereocenters. The van der Waals surface area contributed by atoms with E-state index in [2.05, 4.69) is 10.9 Å². The number of amides is 2. The number of hydrogen-bond acceptors (Lipinski definition) is 4. The lowest BCUT2D eigenvalue weighted by atomic mass is 10.1. The van der Waals surface area contributed by atoms with Gasteiger partial charge in [0, 0.05) is 12.0 Å². The molecule has 0 aromatic heterocycles. The molecule has 2 N–H and O–H groups in total. The maximum Gasteiger partial charge on any atom is 0.269 e. The predicted octanol–water partition coefficient (Wildman–Crippen LogP) is 2.84. The van der Waals surface area contributed by atoms with E-state index in [0.717, 1.165) is 17.1 Å². The highest BCUT2D eigenvalue weighted by atomic mass is 16.5. The van der Waals surface area contributed by atoms with Crippen molar-refractivity contribution in [1.29, 1.82) is 0 Å². The van der Waals surface area contributed by atoms with Gasteiger partial charge in [-0.1, -0.05) is 19.1 Å². The summed E-state index contributed by atoms with van der Waals surface area (Å²) in [7, 11) is 0. The number of carbonyl (C=O) groups is 2. The second kappa shape index (κ2) is 9.32. The van der Waals surface area contributed by atoms with Gasteiger partial charge in [-0.25, -0.2) is 0 Å². The molecule has 25 heavy (non-hydrogen) atoms. The molecule has 6 nitrogen and oxygen atoms in total. The van der Waals surface area contributed by atoms with Crippen molar-refractivity contribution < 1.29 is 19.1 Å². The van der Waals surface area contributed by atoms with Crippen LogP contribution in [0.3, 0.4) is 0 Å². The van der Waals surface area contributed by atoms with Crippen molar-refractivity contribution in [2.45, 2.75) is 26.9 Å². The minimum atomic E-state index is -0.360. The van der Waals surface area contributed by atoms with Crippen LogP contribution in [0.2, 0.25) is 0 Å². The normalized spacial score (nSPS) is 10.0. The van der Waals surface area contributed by atoms with Crippen molar-refractivity contribution >= 4 is 11.8 Å². The van der Waals surface area contributed by atoms with Gasteiger partial charge in [0.1, 0.15) is 18.1 Å². The molecule has 0 bridgehead atoms. The second-order valence-electron chi connectivity index (χ2n) is 5.25. The maximum absolute atomic E-state index is 11.9. The minimum Gasteiger partial charge on any atom is -0.494 e. The van der Waals surface area contributed by atoms with E-state index in [1.807, 2.05) is 43.3 Å². The Morgan fingerprint density at radius 3 is 2.00 bits per heavy atom. The first-order valence-electron chi connectivity index (χ1n) is 8.16. The topological polar surface area (TPSA) is 76.7 Å². The van der Waals surface area contributed by atoms with Crippen LogP contribution in [0.15, 0.2) is 48.5 Å². The molecule has 0 fully saturated rings. The summed E-state index contributed by atoms with van der Waals surface area (Å²) in [4.78, 5) is 23.0. The molecule has 2 aromatic carbocycles. The first kappa shape index (κ1) is 18.3. The van der Waals surface area contributed by atoms with Crippen molar-refractivity contribution in [2.24, 2.45) is 0 Å². The summed E-state index contributed by atoms with van der Waals surface area (Å²) < 4.78 is 11.1. The summed E-state index contributed by atoms with van der Waals surface area (Å²) in [5.41, 5.74) is 6.09. The molecule has 132 valence electrons. The van der Waals surface area contributed by atoms with Gasteiger partial charge in [-0.3, -0.25) is 20.4 Å². The molecule has 0 aliphatic rings. The van der Waals surface area contributed by atoms with Crippen LogP contribution in [-0.2, 0) is 11.4 Å². The summed E-state index contributed by atoms with van der Waals surface area (Å²) >= 11 is 0. The molecule has 0 saturated carbocycles. The lowest BCUT2D eigenvalue weighted by Gasteiger charge is -2.09. The Labute approximate surface area is 147 Å². The van der Waals surface area contributed by atoms with Crippen LogP contribution in [0.25, 0.3) is 0 Å². The molecule has 0 spiro atoms. The summed E-state index contributed by atoms with van der Waals surface area (Å²) in [5, 5.41) is 0. The third-order valence-corrected chi connectivity index (χ3v) is 3.39. The quantitative estimate of drug-likeness (QED) is 0.759. The zero-order chi connectivity index (χ0) is 18.1. The Bertz CT molecular complexity index is 696. The fraction of sp³-hybridized carbons (Fsp3) is 0.263. The number of nitrogens with one attached hydrogen (secondary N) is 2. The van der Waals surface area contributed by atoms with Gasteiger partial charge >= 0.3 is 0 Å². The molecule has 0 aliphatic carbocycles. The number of rotatable bonds is 7. The van der Waals surface area contributed by atoms with Crippen molar-refractivity contribution in [2.75, 3.05) is 6.61 Å². The van der Waals surface area contributed by atoms with E-state index in [4.69, 9.17) is 9.47 Å². The molecular weight excluding hydrogens is 320 g/mol. The summed E-state index contributed by atoms with van der Waals surface area (Å²) in [5.74, 6) is 0.947. The smallest absolute Gasteiger partial charge is 0.269 e. The monoisotopic (exact) mass is 342 g/mol. The molecule has 0 saturated heterocycles. The largest absolute Gasteiger partial charge is 0.494 e. The minimum absolute atomic E-state index is 0.242. The van der Waals surface area contributed by atoms with Crippen molar-refractivity contribution in [3.05, 3.63) is 59.7 Å². The van der Waals surface area contributed by atoms with E-state index in [0.29, 0.717) is 25.2 Å². The fourth-order valence-corrected chi connectivity index (χ4v) is 2.00. The molecular formula is C19H22N2O4. The molecule has 0 heterocycles. The SMILES string of the molecule is CCOc1ccc(OCc2ccc(C(=O)NNC(=O)CC)cc2)cc1. The Morgan fingerprint density at radius 2 is 1.44 bits per heavy atom. The highest BCUT2D eigenvalue weighted by molar-refractivity contribution is 5.95. The molecule has 2 aromatic rings. The highest BCUT2D eigenvalue weighted by Gasteiger charge is 2.06. The van der Waals surface area contributed by atoms with Crippen molar-refractivity contribution in [3.8, 4) is 11.5 Å². The van der Waals surface area contributed by atoms with Crippen molar-refractivity contribution in [3.63, 3.8) is 0 Å². The average molecular weight is 342 g/mol. The molecule has 0 radical (unpaired) electrons. The van der Waals surface area contributed by atoms with Crippen LogP contribution in [0.1, 0.15) is 36.2 Å². The van der Waals surface area contributed by atoms with E-state index in [1.54, 1.807) is 19.1 Å². The summed E-state index contributed by atoms with van der Waals surface area (Å²) in [6.07, 6.45) is 0.308. The van der Waals surface area contributed by atoms with Gasteiger partial charge in [-0.2, -0.15) is 0 Å². The lowest BCUT2D eigenvalue weighted by molar-refractivity contribution is -0.121. The molecule has 2 rings (SSSR count). The lowest BCUT2D eigenvalue weighted by Crippen LogP contribution is -2.41. The Morgan fingerprint density at radius 1 is 0.840 bits per heavy atom. The molecule has 6 heteroatoms. The van der Waals surface area contributed by atoms with Gasteiger partial charge in [-0.15, -0.1) is 0 Å². The highest BCUT2D eigenvalue weighted by Crippen LogP contribution is 2.18. The first-order chi connectivity index (χ1) is 12.1. The van der Waals surface area contributed by atoms with Gasteiger partial charge in [0.2, 0.25) is 5.91 Å². The summed E-state index contributed by atoms with van der Waals surface area (Å²) in [6, 6.07) is 14.4. The van der Waals surface area contributed by atoms with Gasteiger partial charge in [0.05, 0.1) is 6.61 Å². The van der Waals surface area contributed by atoms with Crippen LogP contribution in [-0.4, -0.2) is 18.4 Å². The number of ether oxygens (including phenoxy) is 2. The maximum atomic E-state index is 11.9. The molecule has 0 atom stereocenters. The van der Waals surface area contributed by atoms with Gasteiger partial charge in [-0.05, 0) is 48.9 Å².